The van der Waals surface area contributed by atoms with Crippen molar-refractivity contribution >= 4 is 11.9 Å². The smallest absolute Gasteiger partial charge is 0.224 e. The fourth-order valence-electron chi connectivity index (χ4n) is 2.53. The number of amides is 1. The van der Waals surface area contributed by atoms with Gasteiger partial charge < -0.3 is 15.2 Å². The number of terminal acetylenes is 1. The maximum Gasteiger partial charge on any atom is 0.224 e. The highest BCUT2D eigenvalue weighted by Crippen LogP contribution is 2.39. The van der Waals surface area contributed by atoms with Crippen molar-refractivity contribution in [3.05, 3.63) is 0 Å². The van der Waals surface area contributed by atoms with Crippen molar-refractivity contribution in [1.82, 2.24) is 5.32 Å². The summed E-state index contributed by atoms with van der Waals surface area (Å²) in [5.41, 5.74) is -0.547. The predicted octanol–water partition coefficient (Wildman–Crippen LogP) is -0.175. The van der Waals surface area contributed by atoms with Crippen LogP contribution in [-0.2, 0) is 9.59 Å². The molecule has 1 amide bonds. The molecule has 2 atom stereocenters. The highest BCUT2D eigenvalue weighted by Gasteiger charge is 2.46. The summed E-state index contributed by atoms with van der Waals surface area (Å²) >= 11 is 0. The van der Waals surface area contributed by atoms with E-state index in [-0.39, 0.29) is 5.91 Å². The fourth-order valence-corrected chi connectivity index (χ4v) is 2.53. The molecule has 0 radical (unpaired) electrons. The van der Waals surface area contributed by atoms with Gasteiger partial charge in [0, 0.05) is 17.8 Å². The van der Waals surface area contributed by atoms with E-state index in [1.165, 1.54) is 0 Å². The Morgan fingerprint density at radius 3 is 2.35 bits per heavy atom. The number of rotatable bonds is 3. The lowest BCUT2D eigenvalue weighted by Gasteiger charge is -2.33. The van der Waals surface area contributed by atoms with Gasteiger partial charge in [0.05, 0.1) is 0 Å². The molecule has 2 aliphatic carbocycles. The Hall–Kier alpha value is -1.50. The number of hydrogen-bond acceptors (Lipinski definition) is 3. The molecule has 2 rings (SSSR count). The molecule has 0 aromatic heterocycles. The number of aliphatic carboxylic acids is 1. The van der Waals surface area contributed by atoms with Crippen LogP contribution in [0.2, 0.25) is 0 Å². The highest BCUT2D eigenvalue weighted by atomic mass is 16.4. The molecule has 1 N–H and O–H groups in total. The molecule has 2 saturated carbocycles. The number of carboxylic acids is 1. The van der Waals surface area contributed by atoms with Gasteiger partial charge in [-0.2, -0.15) is 0 Å². The third kappa shape index (κ3) is 2.44. The van der Waals surface area contributed by atoms with Gasteiger partial charge in [-0.1, -0.05) is 25.2 Å². The molecule has 4 nitrogen and oxygen atoms in total. The van der Waals surface area contributed by atoms with E-state index < -0.39 is 23.3 Å². The Morgan fingerprint density at radius 2 is 1.88 bits per heavy atom. The second-order valence-electron chi connectivity index (χ2n) is 5.04. The van der Waals surface area contributed by atoms with Crippen LogP contribution in [0.1, 0.15) is 38.5 Å². The standard InChI is InChI=1S/C13H17NO3/c1-2-13(6-4-3-5-7-13)14-11(15)9-8-10(9)12(16)17/h1,9-10H,3-8H2,(H,14,15)(H,16,17)/p-1/t9-,10+/m0/s1. The molecule has 0 saturated heterocycles. The van der Waals surface area contributed by atoms with E-state index >= 15 is 0 Å². The van der Waals surface area contributed by atoms with Crippen molar-refractivity contribution in [1.29, 1.82) is 0 Å². The topological polar surface area (TPSA) is 69.2 Å². The normalized spacial score (nSPS) is 30.1. The van der Waals surface area contributed by atoms with Gasteiger partial charge in [0.2, 0.25) is 5.91 Å². The summed E-state index contributed by atoms with van der Waals surface area (Å²) in [4.78, 5) is 22.4. The summed E-state index contributed by atoms with van der Waals surface area (Å²) in [7, 11) is 0. The number of carboxylic acid groups (broad SMARTS) is 1. The Balaban J connectivity index is 1.94. The molecule has 0 heterocycles. The van der Waals surface area contributed by atoms with Crippen molar-refractivity contribution in [2.45, 2.75) is 44.1 Å². The Bertz CT molecular complexity index is 377. The summed E-state index contributed by atoms with van der Waals surface area (Å²) in [5, 5.41) is 13.4. The largest absolute Gasteiger partial charge is 0.550 e. The van der Waals surface area contributed by atoms with Gasteiger partial charge in [-0.3, -0.25) is 4.79 Å². The third-order valence-corrected chi connectivity index (χ3v) is 3.78. The van der Waals surface area contributed by atoms with Crippen LogP contribution in [0.25, 0.3) is 0 Å². The fraction of sp³-hybridized carbons (Fsp3) is 0.692. The lowest BCUT2D eigenvalue weighted by molar-refractivity contribution is -0.308. The van der Waals surface area contributed by atoms with Gasteiger partial charge in [0.25, 0.3) is 0 Å². The minimum atomic E-state index is -1.14. The van der Waals surface area contributed by atoms with Gasteiger partial charge in [-0.15, -0.1) is 6.42 Å². The van der Waals surface area contributed by atoms with E-state index in [0.717, 1.165) is 32.1 Å². The predicted molar refractivity (Wildman–Crippen MR) is 59.4 cm³/mol. The Labute approximate surface area is 101 Å². The summed E-state index contributed by atoms with van der Waals surface area (Å²) in [6.45, 7) is 0. The van der Waals surface area contributed by atoms with Gasteiger partial charge in [-0.25, -0.2) is 0 Å². The van der Waals surface area contributed by atoms with E-state index in [4.69, 9.17) is 6.42 Å². The molecule has 2 aliphatic rings. The average Bonchev–Trinajstić information content (AvgIpc) is 3.10. The lowest BCUT2D eigenvalue weighted by Crippen LogP contribution is -2.49. The maximum absolute atomic E-state index is 11.9. The third-order valence-electron chi connectivity index (χ3n) is 3.78. The van der Waals surface area contributed by atoms with E-state index in [2.05, 4.69) is 11.2 Å². The molecular formula is C13H16NO3-. The van der Waals surface area contributed by atoms with E-state index in [1.54, 1.807) is 0 Å². The van der Waals surface area contributed by atoms with E-state index in [0.29, 0.717) is 6.42 Å². The molecule has 17 heavy (non-hydrogen) atoms. The van der Waals surface area contributed by atoms with Crippen molar-refractivity contribution in [2.75, 3.05) is 0 Å². The summed E-state index contributed by atoms with van der Waals surface area (Å²) in [6, 6.07) is 0. The van der Waals surface area contributed by atoms with Crippen LogP contribution in [0, 0.1) is 24.2 Å². The molecule has 0 aromatic carbocycles. The number of carbonyl (C=O) groups is 2. The van der Waals surface area contributed by atoms with Crippen molar-refractivity contribution in [3.63, 3.8) is 0 Å². The Kier molecular flexibility index (Phi) is 3.10. The molecule has 92 valence electrons. The van der Waals surface area contributed by atoms with Crippen LogP contribution >= 0.6 is 0 Å². The average molecular weight is 234 g/mol. The zero-order chi connectivity index (χ0) is 12.5. The second kappa shape index (κ2) is 4.40. The van der Waals surface area contributed by atoms with Crippen molar-refractivity contribution in [3.8, 4) is 12.3 Å². The molecule has 0 bridgehead atoms. The summed E-state index contributed by atoms with van der Waals surface area (Å²) < 4.78 is 0. The SMILES string of the molecule is C#CC1(NC(=O)[C@H]2C[C@H]2C(=O)[O-])CCCCC1. The molecular weight excluding hydrogens is 218 g/mol. The number of carbonyl (C=O) groups excluding carboxylic acids is 2. The van der Waals surface area contributed by atoms with Gasteiger partial charge in [-0.05, 0) is 19.3 Å². The van der Waals surface area contributed by atoms with Crippen molar-refractivity contribution in [2.24, 2.45) is 11.8 Å². The lowest BCUT2D eigenvalue weighted by atomic mass is 9.82. The Morgan fingerprint density at radius 1 is 1.24 bits per heavy atom. The first-order chi connectivity index (χ1) is 8.08. The molecule has 0 aromatic rings. The van der Waals surface area contributed by atoms with Gasteiger partial charge in [0.15, 0.2) is 0 Å². The summed E-state index contributed by atoms with van der Waals surface area (Å²) in [6.07, 6.45) is 10.6. The highest BCUT2D eigenvalue weighted by molar-refractivity contribution is 5.89. The maximum atomic E-state index is 11.9. The zero-order valence-electron chi connectivity index (χ0n) is 9.70. The van der Waals surface area contributed by atoms with Crippen LogP contribution in [-0.4, -0.2) is 17.4 Å². The van der Waals surface area contributed by atoms with Crippen molar-refractivity contribution < 1.29 is 14.7 Å². The molecule has 0 aliphatic heterocycles. The minimum Gasteiger partial charge on any atom is -0.550 e. The zero-order valence-corrected chi connectivity index (χ0v) is 9.70. The van der Waals surface area contributed by atoms with E-state index in [9.17, 15) is 14.7 Å². The monoisotopic (exact) mass is 234 g/mol. The van der Waals surface area contributed by atoms with Crippen LogP contribution in [0.15, 0.2) is 0 Å². The van der Waals surface area contributed by atoms with Gasteiger partial charge in [0.1, 0.15) is 5.54 Å². The van der Waals surface area contributed by atoms with E-state index in [1.807, 2.05) is 0 Å². The molecule has 2 fully saturated rings. The first-order valence-corrected chi connectivity index (χ1v) is 6.09. The van der Waals surface area contributed by atoms with Crippen LogP contribution in [0.5, 0.6) is 0 Å². The van der Waals surface area contributed by atoms with Crippen LogP contribution in [0.4, 0.5) is 0 Å². The first kappa shape index (κ1) is 12.0. The summed E-state index contributed by atoms with van der Waals surface area (Å²) in [5.74, 6) is 0.266. The second-order valence-corrected chi connectivity index (χ2v) is 5.04. The molecule has 4 heteroatoms. The van der Waals surface area contributed by atoms with Crippen LogP contribution in [0.3, 0.4) is 0 Å². The minimum absolute atomic E-state index is 0.223. The number of nitrogens with one attached hydrogen (secondary N) is 1. The van der Waals surface area contributed by atoms with Gasteiger partial charge >= 0.3 is 0 Å². The first-order valence-electron chi connectivity index (χ1n) is 6.09. The quantitative estimate of drug-likeness (QED) is 0.689. The number of hydrogen-bond donors (Lipinski definition) is 1. The molecule has 0 spiro atoms. The van der Waals surface area contributed by atoms with Crippen LogP contribution < -0.4 is 10.4 Å². The molecule has 0 unspecified atom stereocenters.